The van der Waals surface area contributed by atoms with E-state index in [1.807, 2.05) is 12.1 Å². The van der Waals surface area contributed by atoms with Crippen LogP contribution in [-0.4, -0.2) is 38.9 Å². The molecule has 0 bridgehead atoms. The third-order valence-electron chi connectivity index (χ3n) is 9.09. The lowest BCUT2D eigenvalue weighted by atomic mass is 9.75. The molecule has 5 heterocycles. The Hall–Kier alpha value is -4.31. The molecule has 3 saturated heterocycles. The predicted octanol–water partition coefficient (Wildman–Crippen LogP) is 4.25. The van der Waals surface area contributed by atoms with Crippen LogP contribution in [0.25, 0.3) is 16.6 Å². The van der Waals surface area contributed by atoms with E-state index < -0.39 is 46.6 Å². The van der Waals surface area contributed by atoms with Gasteiger partial charge in [0.15, 0.2) is 0 Å². The van der Waals surface area contributed by atoms with Crippen LogP contribution in [0.1, 0.15) is 29.8 Å². The van der Waals surface area contributed by atoms with E-state index >= 15 is 0 Å². The number of benzene rings is 3. The monoisotopic (exact) mass is 542 g/mol. The molecule has 2 amide bonds. The molecule has 4 aliphatic rings. The molecule has 0 aliphatic carbocycles. The fourth-order valence-corrected chi connectivity index (χ4v) is 7.76. The number of carbonyl (C=O) groups excluding carboxylic acids is 2. The Balaban J connectivity index is 1.43. The van der Waals surface area contributed by atoms with Crippen molar-refractivity contribution in [2.75, 3.05) is 11.4 Å². The third kappa shape index (κ3) is 2.64. The molecule has 10 heteroatoms. The molecular weight excluding hydrogens is 521 g/mol. The van der Waals surface area contributed by atoms with Crippen LogP contribution in [-0.2, 0) is 21.3 Å². The number of hydrogen-bond acceptors (Lipinski definition) is 5. The van der Waals surface area contributed by atoms with Crippen molar-refractivity contribution in [2.24, 2.45) is 11.8 Å². The normalized spacial score (nSPS) is 27.0. The van der Waals surface area contributed by atoms with E-state index in [4.69, 9.17) is 4.98 Å². The van der Waals surface area contributed by atoms with Crippen molar-refractivity contribution in [3.63, 3.8) is 0 Å². The van der Waals surface area contributed by atoms with E-state index in [0.717, 1.165) is 17.4 Å². The molecule has 3 fully saturated rings. The lowest BCUT2D eigenvalue weighted by molar-refractivity contribution is -0.137. The van der Waals surface area contributed by atoms with Crippen molar-refractivity contribution in [2.45, 2.75) is 30.6 Å². The first-order valence-corrected chi connectivity index (χ1v) is 13.2. The van der Waals surface area contributed by atoms with Crippen LogP contribution in [0.3, 0.4) is 0 Å². The number of aromatic nitrogens is 2. The fourth-order valence-electron chi connectivity index (χ4n) is 7.76. The molecule has 4 unspecified atom stereocenters. The maximum atomic E-state index is 14.4. The molecule has 0 saturated carbocycles. The number of anilines is 1. The molecule has 4 aliphatic heterocycles. The summed E-state index contributed by atoms with van der Waals surface area (Å²) in [5.74, 6) is -2.93. The Labute approximate surface area is 225 Å². The zero-order chi connectivity index (χ0) is 27.6. The van der Waals surface area contributed by atoms with Crippen LogP contribution < -0.4 is 10.5 Å². The topological polar surface area (TPSA) is 75.5 Å². The average Bonchev–Trinajstić information content (AvgIpc) is 3.66. The van der Waals surface area contributed by atoms with Crippen molar-refractivity contribution < 1.29 is 22.8 Å². The van der Waals surface area contributed by atoms with Gasteiger partial charge in [-0.1, -0.05) is 42.5 Å². The fraction of sp³-hybridized carbons (Fsp3) is 0.267. The number of para-hydroxylation sites is 3. The van der Waals surface area contributed by atoms with Gasteiger partial charge in [-0.05, 0) is 49.7 Å². The summed E-state index contributed by atoms with van der Waals surface area (Å²) in [5, 5.41) is 0.417. The number of amides is 2. The summed E-state index contributed by atoms with van der Waals surface area (Å²) in [6.07, 6.45) is -3.40. The summed E-state index contributed by atoms with van der Waals surface area (Å²) in [7, 11) is 0. The van der Waals surface area contributed by atoms with Gasteiger partial charge in [-0.25, -0.2) is 9.88 Å². The highest BCUT2D eigenvalue weighted by molar-refractivity contribution is 6.23. The van der Waals surface area contributed by atoms with Gasteiger partial charge in [-0.15, -0.1) is 0 Å². The molecule has 40 heavy (non-hydrogen) atoms. The van der Waals surface area contributed by atoms with Crippen molar-refractivity contribution in [3.05, 3.63) is 100 Å². The number of carbonyl (C=O) groups is 2. The van der Waals surface area contributed by atoms with E-state index in [-0.39, 0.29) is 11.6 Å². The number of fused-ring (bicyclic) bond motifs is 11. The summed E-state index contributed by atoms with van der Waals surface area (Å²) in [4.78, 5) is 50.2. The smallest absolute Gasteiger partial charge is 0.283 e. The Kier molecular flexibility index (Phi) is 4.51. The highest BCUT2D eigenvalue weighted by Crippen LogP contribution is 2.62. The largest absolute Gasteiger partial charge is 0.418 e. The molecule has 1 spiro atoms. The molecular formula is C30H21F3N4O3. The summed E-state index contributed by atoms with van der Waals surface area (Å²) >= 11 is 0. The van der Waals surface area contributed by atoms with Crippen LogP contribution in [0.2, 0.25) is 0 Å². The first-order valence-electron chi connectivity index (χ1n) is 13.2. The predicted molar refractivity (Wildman–Crippen MR) is 139 cm³/mol. The van der Waals surface area contributed by atoms with Crippen LogP contribution in [0, 0.1) is 11.8 Å². The van der Waals surface area contributed by atoms with Crippen molar-refractivity contribution in [1.82, 2.24) is 14.5 Å². The molecule has 4 atom stereocenters. The second kappa shape index (κ2) is 7.66. The third-order valence-corrected chi connectivity index (χ3v) is 9.09. The Bertz CT molecular complexity index is 1850. The number of hydrogen-bond donors (Lipinski definition) is 0. The lowest BCUT2D eigenvalue weighted by Crippen LogP contribution is -2.51. The van der Waals surface area contributed by atoms with Gasteiger partial charge < -0.3 is 0 Å². The number of nitrogens with zero attached hydrogens (tertiary/aromatic N) is 4. The molecule has 200 valence electrons. The van der Waals surface area contributed by atoms with Gasteiger partial charge in [0.2, 0.25) is 11.8 Å². The van der Waals surface area contributed by atoms with Crippen LogP contribution in [0.4, 0.5) is 18.9 Å². The summed E-state index contributed by atoms with van der Waals surface area (Å²) in [6, 6.07) is 18.5. The Morgan fingerprint density at radius 1 is 0.850 bits per heavy atom. The number of imide groups is 1. The molecule has 0 radical (unpaired) electrons. The maximum Gasteiger partial charge on any atom is 0.418 e. The average molecular weight is 543 g/mol. The van der Waals surface area contributed by atoms with Crippen molar-refractivity contribution >= 4 is 28.4 Å². The van der Waals surface area contributed by atoms with Gasteiger partial charge in [0, 0.05) is 11.6 Å². The molecule has 0 N–H and O–H groups in total. The lowest BCUT2D eigenvalue weighted by Gasteiger charge is -2.38. The maximum absolute atomic E-state index is 14.4. The van der Waals surface area contributed by atoms with Gasteiger partial charge in [-0.2, -0.15) is 13.2 Å². The van der Waals surface area contributed by atoms with Gasteiger partial charge in [0.25, 0.3) is 5.56 Å². The Morgan fingerprint density at radius 2 is 1.55 bits per heavy atom. The molecule has 7 nitrogen and oxygen atoms in total. The first-order chi connectivity index (χ1) is 19.3. The van der Waals surface area contributed by atoms with Gasteiger partial charge in [-0.3, -0.25) is 23.9 Å². The standard InChI is InChI=1S/C30H21F3N4O3/c31-30(32,33)18-10-3-6-13-21(18)36-26(39)23-22-14-7-15-35(22)29(24(23)27(36)40)17-9-2-5-12-20(17)37-25(38)16-8-1-4-11-19(16)34-28(29)37/h1-6,8-13,22-24H,7,14-15H2. The number of rotatable bonds is 1. The van der Waals surface area contributed by atoms with E-state index in [0.29, 0.717) is 40.9 Å². The second-order valence-electron chi connectivity index (χ2n) is 10.8. The minimum atomic E-state index is -4.76. The second-order valence-corrected chi connectivity index (χ2v) is 10.8. The van der Waals surface area contributed by atoms with E-state index in [1.54, 1.807) is 36.4 Å². The quantitative estimate of drug-likeness (QED) is 0.337. The molecule has 3 aromatic carbocycles. The summed E-state index contributed by atoms with van der Waals surface area (Å²) < 4.78 is 43.6. The van der Waals surface area contributed by atoms with Gasteiger partial charge in [0.05, 0.1) is 39.7 Å². The molecule has 1 aromatic heterocycles. The first kappa shape index (κ1) is 23.6. The van der Waals surface area contributed by atoms with E-state index in [9.17, 15) is 27.6 Å². The SMILES string of the molecule is O=C1C2C3CCCN3C3(c4ccccc4-n4c3nc3ccccc3c4=O)C2C(=O)N1c1ccccc1C(F)(F)F. The Morgan fingerprint density at radius 3 is 2.35 bits per heavy atom. The summed E-state index contributed by atoms with van der Waals surface area (Å²) in [6.45, 7) is 0.564. The highest BCUT2D eigenvalue weighted by Gasteiger charge is 2.74. The van der Waals surface area contributed by atoms with E-state index in [2.05, 4.69) is 4.90 Å². The number of halogens is 3. The van der Waals surface area contributed by atoms with Crippen molar-refractivity contribution in [1.29, 1.82) is 0 Å². The van der Waals surface area contributed by atoms with Gasteiger partial charge >= 0.3 is 6.18 Å². The summed E-state index contributed by atoms with van der Waals surface area (Å²) in [5.41, 5.74) is -1.37. The minimum Gasteiger partial charge on any atom is -0.283 e. The zero-order valence-electron chi connectivity index (χ0n) is 20.9. The highest BCUT2D eigenvalue weighted by atomic mass is 19.4. The van der Waals surface area contributed by atoms with Crippen molar-refractivity contribution in [3.8, 4) is 5.69 Å². The van der Waals surface area contributed by atoms with Crippen LogP contribution in [0.15, 0.2) is 77.6 Å². The number of alkyl halides is 3. The molecule has 8 rings (SSSR count). The minimum absolute atomic E-state index is 0.292. The van der Waals surface area contributed by atoms with Gasteiger partial charge in [0.1, 0.15) is 11.4 Å². The van der Waals surface area contributed by atoms with Crippen LogP contribution in [0.5, 0.6) is 0 Å². The zero-order valence-corrected chi connectivity index (χ0v) is 20.9. The van der Waals surface area contributed by atoms with E-state index in [1.165, 1.54) is 22.8 Å². The van der Waals surface area contributed by atoms with Crippen LogP contribution >= 0.6 is 0 Å². The molecule has 4 aromatic rings.